The van der Waals surface area contributed by atoms with E-state index < -0.39 is 7.12 Å². The largest absolute Gasteiger partial charge is 0.494 e. The molecule has 5 heteroatoms. The van der Waals surface area contributed by atoms with E-state index in [0.717, 1.165) is 5.46 Å². The van der Waals surface area contributed by atoms with Crippen LogP contribution in [0.25, 0.3) is 0 Å². The van der Waals surface area contributed by atoms with Crippen LogP contribution in [-0.4, -0.2) is 18.3 Å². The maximum absolute atomic E-state index is 13.6. The van der Waals surface area contributed by atoms with Crippen molar-refractivity contribution >= 4 is 12.6 Å². The van der Waals surface area contributed by atoms with Crippen LogP contribution in [0, 0.1) is 12.7 Å². The van der Waals surface area contributed by atoms with Crippen LogP contribution in [0.5, 0.6) is 11.5 Å². The maximum atomic E-state index is 13.6. The lowest BCUT2D eigenvalue weighted by Gasteiger charge is -2.32. The smallest absolute Gasteiger partial charge is 0.457 e. The molecule has 0 N–H and O–H groups in total. The van der Waals surface area contributed by atoms with Crippen LogP contribution in [0.15, 0.2) is 42.5 Å². The van der Waals surface area contributed by atoms with Gasteiger partial charge in [-0.2, -0.15) is 0 Å². The third kappa shape index (κ3) is 3.19. The lowest BCUT2D eigenvalue weighted by molar-refractivity contribution is 0.00578. The molecule has 1 aliphatic heterocycles. The van der Waals surface area contributed by atoms with Crippen LogP contribution < -0.4 is 10.2 Å². The minimum absolute atomic E-state index is 0.277. The second-order valence-electron chi connectivity index (χ2n) is 7.17. The highest BCUT2D eigenvalue weighted by molar-refractivity contribution is 6.62. The monoisotopic (exact) mass is 328 g/mol. The summed E-state index contributed by atoms with van der Waals surface area (Å²) in [6, 6.07) is 12.3. The molecule has 0 spiro atoms. The summed E-state index contributed by atoms with van der Waals surface area (Å²) >= 11 is 0. The van der Waals surface area contributed by atoms with E-state index in [2.05, 4.69) is 0 Å². The SMILES string of the molecule is Cc1ccc(Oc2ccc(B3OC(C)(C)C(C)(C)O3)cc2)cc1F. The van der Waals surface area contributed by atoms with Crippen LogP contribution in [-0.2, 0) is 9.31 Å². The Morgan fingerprint density at radius 1 is 0.875 bits per heavy atom. The van der Waals surface area contributed by atoms with Gasteiger partial charge in [0.25, 0.3) is 0 Å². The molecule has 1 heterocycles. The zero-order valence-electron chi connectivity index (χ0n) is 14.7. The second kappa shape index (κ2) is 5.90. The van der Waals surface area contributed by atoms with Gasteiger partial charge in [0.2, 0.25) is 0 Å². The molecule has 1 aliphatic rings. The van der Waals surface area contributed by atoms with E-state index >= 15 is 0 Å². The van der Waals surface area contributed by atoms with Gasteiger partial charge in [-0.05, 0) is 63.8 Å². The molecule has 0 amide bonds. The number of benzene rings is 2. The molecule has 0 radical (unpaired) electrons. The van der Waals surface area contributed by atoms with Gasteiger partial charge in [0.05, 0.1) is 11.2 Å². The number of aryl methyl sites for hydroxylation is 1. The predicted molar refractivity (Wildman–Crippen MR) is 93.4 cm³/mol. The van der Waals surface area contributed by atoms with Gasteiger partial charge >= 0.3 is 7.12 Å². The molecule has 126 valence electrons. The average Bonchev–Trinajstić information content (AvgIpc) is 2.72. The minimum atomic E-state index is -0.402. The van der Waals surface area contributed by atoms with Crippen molar-refractivity contribution in [2.45, 2.75) is 45.8 Å². The van der Waals surface area contributed by atoms with Crippen molar-refractivity contribution < 1.29 is 18.4 Å². The van der Waals surface area contributed by atoms with Crippen LogP contribution in [0.3, 0.4) is 0 Å². The lowest BCUT2D eigenvalue weighted by Crippen LogP contribution is -2.41. The fraction of sp³-hybridized carbons (Fsp3) is 0.368. The van der Waals surface area contributed by atoms with E-state index in [0.29, 0.717) is 17.1 Å². The van der Waals surface area contributed by atoms with Crippen molar-refractivity contribution in [2.24, 2.45) is 0 Å². The number of rotatable bonds is 3. The molecule has 0 atom stereocenters. The highest BCUT2D eigenvalue weighted by atomic mass is 19.1. The van der Waals surface area contributed by atoms with Gasteiger partial charge in [-0.3, -0.25) is 0 Å². The Labute approximate surface area is 142 Å². The van der Waals surface area contributed by atoms with Crippen molar-refractivity contribution in [1.29, 1.82) is 0 Å². The molecular weight excluding hydrogens is 306 g/mol. The molecule has 0 bridgehead atoms. The van der Waals surface area contributed by atoms with E-state index in [4.69, 9.17) is 14.0 Å². The number of hydrogen-bond acceptors (Lipinski definition) is 3. The van der Waals surface area contributed by atoms with Crippen LogP contribution in [0.2, 0.25) is 0 Å². The van der Waals surface area contributed by atoms with Crippen molar-refractivity contribution in [2.75, 3.05) is 0 Å². The van der Waals surface area contributed by atoms with E-state index in [1.165, 1.54) is 6.07 Å². The third-order valence-corrected chi connectivity index (χ3v) is 4.78. The molecule has 3 rings (SSSR count). The van der Waals surface area contributed by atoms with Gasteiger partial charge in [0, 0.05) is 6.07 Å². The van der Waals surface area contributed by atoms with Gasteiger partial charge < -0.3 is 14.0 Å². The molecule has 2 aromatic rings. The first-order valence-corrected chi connectivity index (χ1v) is 8.07. The van der Waals surface area contributed by atoms with E-state index in [9.17, 15) is 4.39 Å². The van der Waals surface area contributed by atoms with Crippen LogP contribution in [0.1, 0.15) is 33.3 Å². The Bertz CT molecular complexity index is 725. The van der Waals surface area contributed by atoms with Crippen molar-refractivity contribution in [3.05, 3.63) is 53.8 Å². The third-order valence-electron chi connectivity index (χ3n) is 4.78. The van der Waals surface area contributed by atoms with Crippen molar-refractivity contribution in [3.63, 3.8) is 0 Å². The van der Waals surface area contributed by atoms with E-state index in [-0.39, 0.29) is 17.0 Å². The van der Waals surface area contributed by atoms with Gasteiger partial charge in [-0.15, -0.1) is 0 Å². The Balaban J connectivity index is 1.73. The fourth-order valence-electron chi connectivity index (χ4n) is 2.45. The topological polar surface area (TPSA) is 27.7 Å². The van der Waals surface area contributed by atoms with Crippen molar-refractivity contribution in [1.82, 2.24) is 0 Å². The zero-order valence-corrected chi connectivity index (χ0v) is 14.7. The zero-order chi connectivity index (χ0) is 17.5. The first kappa shape index (κ1) is 17.0. The Morgan fingerprint density at radius 3 is 1.96 bits per heavy atom. The molecule has 0 unspecified atom stereocenters. The summed E-state index contributed by atoms with van der Waals surface area (Å²) in [5.74, 6) is 0.835. The second-order valence-corrected chi connectivity index (χ2v) is 7.17. The van der Waals surface area contributed by atoms with Crippen LogP contribution in [0.4, 0.5) is 4.39 Å². The highest BCUT2D eigenvalue weighted by Crippen LogP contribution is 2.36. The lowest BCUT2D eigenvalue weighted by atomic mass is 9.79. The summed E-state index contributed by atoms with van der Waals surface area (Å²) in [6.45, 7) is 9.82. The maximum Gasteiger partial charge on any atom is 0.494 e. The van der Waals surface area contributed by atoms with Gasteiger partial charge in [0.1, 0.15) is 17.3 Å². The quantitative estimate of drug-likeness (QED) is 0.790. The summed E-state index contributed by atoms with van der Waals surface area (Å²) in [6.07, 6.45) is 0. The summed E-state index contributed by atoms with van der Waals surface area (Å²) in [4.78, 5) is 0. The molecule has 3 nitrogen and oxygen atoms in total. The number of hydrogen-bond donors (Lipinski definition) is 0. The molecule has 0 aromatic heterocycles. The summed E-state index contributed by atoms with van der Waals surface area (Å²) in [5, 5.41) is 0. The number of halogens is 1. The molecule has 1 fully saturated rings. The highest BCUT2D eigenvalue weighted by Gasteiger charge is 2.51. The molecule has 0 saturated carbocycles. The summed E-state index contributed by atoms with van der Waals surface area (Å²) in [5.41, 5.74) is 0.785. The molecule has 0 aliphatic carbocycles. The van der Waals surface area contributed by atoms with Gasteiger partial charge in [0.15, 0.2) is 0 Å². The normalized spacial score (nSPS) is 18.7. The number of ether oxygens (including phenoxy) is 1. The predicted octanol–water partition coefficient (Wildman–Crippen LogP) is 4.23. The van der Waals surface area contributed by atoms with E-state index in [1.807, 2.05) is 52.0 Å². The van der Waals surface area contributed by atoms with E-state index in [1.54, 1.807) is 19.1 Å². The average molecular weight is 328 g/mol. The Kier molecular flexibility index (Phi) is 4.18. The molecule has 2 aromatic carbocycles. The molecule has 1 saturated heterocycles. The van der Waals surface area contributed by atoms with Crippen LogP contribution >= 0.6 is 0 Å². The minimum Gasteiger partial charge on any atom is -0.457 e. The Hall–Kier alpha value is -1.85. The van der Waals surface area contributed by atoms with Gasteiger partial charge in [-0.25, -0.2) is 4.39 Å². The first-order valence-electron chi connectivity index (χ1n) is 8.07. The standard InChI is InChI=1S/C19H22BFO3/c1-13-6-9-16(12-17(13)21)22-15-10-7-14(8-11-15)20-23-18(2,3)19(4,5)24-20/h6-12H,1-5H3. The fourth-order valence-corrected chi connectivity index (χ4v) is 2.45. The Morgan fingerprint density at radius 2 is 1.42 bits per heavy atom. The van der Waals surface area contributed by atoms with Crippen molar-refractivity contribution in [3.8, 4) is 11.5 Å². The summed E-state index contributed by atoms with van der Waals surface area (Å²) in [7, 11) is -0.402. The summed E-state index contributed by atoms with van der Waals surface area (Å²) < 4.78 is 31.3. The first-order chi connectivity index (χ1) is 11.2. The molecular formula is C19H22BFO3. The molecule has 24 heavy (non-hydrogen) atoms. The van der Waals surface area contributed by atoms with Gasteiger partial charge in [-0.1, -0.05) is 18.2 Å².